The Labute approximate surface area is 109 Å². The third-order valence-electron chi connectivity index (χ3n) is 2.02. The standard InChI is InChI=1S/C10H8BrF2NO4/c1-5(11)9(15)6-2-3-7(14(16)17)8(4-6)18-10(12)13/h2-5,10H,1H3. The number of ketones is 1. The van der Waals surface area contributed by atoms with Crippen molar-refractivity contribution < 1.29 is 23.2 Å². The molecular weight excluding hydrogens is 316 g/mol. The number of nitrogens with zero attached hydrogens (tertiary/aromatic N) is 1. The summed E-state index contributed by atoms with van der Waals surface area (Å²) in [5.74, 6) is -1.02. The summed E-state index contributed by atoms with van der Waals surface area (Å²) in [7, 11) is 0. The van der Waals surface area contributed by atoms with Gasteiger partial charge in [-0.15, -0.1) is 0 Å². The molecule has 0 aliphatic carbocycles. The molecule has 0 heterocycles. The van der Waals surface area contributed by atoms with E-state index in [9.17, 15) is 23.7 Å². The fraction of sp³-hybridized carbons (Fsp3) is 0.300. The number of ether oxygens (including phenoxy) is 1. The molecule has 1 rings (SSSR count). The monoisotopic (exact) mass is 323 g/mol. The van der Waals surface area contributed by atoms with Crippen molar-refractivity contribution in [1.82, 2.24) is 0 Å². The number of benzene rings is 1. The Kier molecular flexibility index (Phi) is 4.71. The first-order chi connectivity index (χ1) is 8.32. The quantitative estimate of drug-likeness (QED) is 0.361. The molecule has 98 valence electrons. The van der Waals surface area contributed by atoms with Gasteiger partial charge in [-0.1, -0.05) is 15.9 Å². The van der Waals surface area contributed by atoms with E-state index in [2.05, 4.69) is 20.7 Å². The van der Waals surface area contributed by atoms with Gasteiger partial charge in [0.05, 0.1) is 9.75 Å². The maximum Gasteiger partial charge on any atom is 0.387 e. The predicted octanol–water partition coefficient (Wildman–Crippen LogP) is 3.16. The highest BCUT2D eigenvalue weighted by atomic mass is 79.9. The first kappa shape index (κ1) is 14.5. The van der Waals surface area contributed by atoms with Gasteiger partial charge in [-0.25, -0.2) is 0 Å². The van der Waals surface area contributed by atoms with Crippen LogP contribution < -0.4 is 4.74 Å². The van der Waals surface area contributed by atoms with Crippen molar-refractivity contribution in [2.45, 2.75) is 18.4 Å². The number of alkyl halides is 3. The van der Waals surface area contributed by atoms with Gasteiger partial charge in [-0.2, -0.15) is 8.78 Å². The highest BCUT2D eigenvalue weighted by molar-refractivity contribution is 9.10. The number of nitro groups is 1. The molecule has 1 atom stereocenters. The molecule has 0 aromatic heterocycles. The first-order valence-electron chi connectivity index (χ1n) is 4.74. The molecule has 8 heteroatoms. The summed E-state index contributed by atoms with van der Waals surface area (Å²) >= 11 is 3.03. The van der Waals surface area contributed by atoms with E-state index in [-0.39, 0.29) is 11.3 Å². The van der Waals surface area contributed by atoms with Gasteiger partial charge < -0.3 is 4.74 Å². The normalized spacial score (nSPS) is 12.3. The van der Waals surface area contributed by atoms with Crippen LogP contribution in [0.25, 0.3) is 0 Å². The molecule has 1 aromatic carbocycles. The number of hydrogen-bond donors (Lipinski definition) is 0. The molecule has 0 aliphatic rings. The van der Waals surface area contributed by atoms with Gasteiger partial charge in [-0.05, 0) is 19.1 Å². The molecule has 0 saturated heterocycles. The zero-order valence-corrected chi connectivity index (χ0v) is 10.7. The van der Waals surface area contributed by atoms with E-state index >= 15 is 0 Å². The van der Waals surface area contributed by atoms with Crippen LogP contribution in [0.2, 0.25) is 0 Å². The first-order valence-corrected chi connectivity index (χ1v) is 5.66. The van der Waals surface area contributed by atoms with Gasteiger partial charge in [0.1, 0.15) is 0 Å². The molecule has 0 spiro atoms. The van der Waals surface area contributed by atoms with Crippen molar-refractivity contribution in [2.24, 2.45) is 0 Å². The van der Waals surface area contributed by atoms with Crippen molar-refractivity contribution in [2.75, 3.05) is 0 Å². The summed E-state index contributed by atoms with van der Waals surface area (Å²) in [5, 5.41) is 10.6. The topological polar surface area (TPSA) is 69.4 Å². The lowest BCUT2D eigenvalue weighted by Crippen LogP contribution is -2.11. The summed E-state index contributed by atoms with van der Waals surface area (Å²) in [4.78, 5) is 20.8. The molecule has 0 radical (unpaired) electrons. The van der Waals surface area contributed by atoms with E-state index in [1.54, 1.807) is 6.92 Å². The van der Waals surface area contributed by atoms with Crippen LogP contribution in [-0.4, -0.2) is 22.1 Å². The maximum absolute atomic E-state index is 12.1. The Bertz CT molecular complexity index is 479. The molecule has 0 N–H and O–H groups in total. The Morgan fingerprint density at radius 3 is 2.56 bits per heavy atom. The van der Waals surface area contributed by atoms with Crippen molar-refractivity contribution in [3.63, 3.8) is 0 Å². The zero-order chi connectivity index (χ0) is 13.9. The van der Waals surface area contributed by atoms with E-state index in [0.29, 0.717) is 0 Å². The molecule has 1 unspecified atom stereocenters. The molecule has 0 bridgehead atoms. The predicted molar refractivity (Wildman–Crippen MR) is 62.4 cm³/mol. The average Bonchev–Trinajstić information content (AvgIpc) is 2.26. The molecule has 5 nitrogen and oxygen atoms in total. The van der Waals surface area contributed by atoms with Gasteiger partial charge in [0.15, 0.2) is 5.78 Å². The van der Waals surface area contributed by atoms with Crippen molar-refractivity contribution in [3.05, 3.63) is 33.9 Å². The van der Waals surface area contributed by atoms with Crippen molar-refractivity contribution >= 4 is 27.4 Å². The third-order valence-corrected chi connectivity index (χ3v) is 2.43. The van der Waals surface area contributed by atoms with Crippen LogP contribution in [0.15, 0.2) is 18.2 Å². The fourth-order valence-electron chi connectivity index (χ4n) is 1.24. The molecule has 0 fully saturated rings. The summed E-state index contributed by atoms with van der Waals surface area (Å²) in [6.45, 7) is -1.65. The number of carbonyl (C=O) groups excluding carboxylic acids is 1. The second-order valence-electron chi connectivity index (χ2n) is 3.30. The Hall–Kier alpha value is -1.57. The van der Waals surface area contributed by atoms with E-state index < -0.39 is 27.8 Å². The number of hydrogen-bond acceptors (Lipinski definition) is 4. The highest BCUT2D eigenvalue weighted by Crippen LogP contribution is 2.30. The summed E-state index contributed by atoms with van der Waals surface area (Å²) in [5.41, 5.74) is -0.560. The maximum atomic E-state index is 12.1. The fourth-order valence-corrected chi connectivity index (χ4v) is 1.50. The van der Waals surface area contributed by atoms with E-state index in [4.69, 9.17) is 0 Å². The van der Waals surface area contributed by atoms with Crippen LogP contribution in [0.1, 0.15) is 17.3 Å². The van der Waals surface area contributed by atoms with Crippen molar-refractivity contribution in [3.8, 4) is 5.75 Å². The summed E-state index contributed by atoms with van der Waals surface area (Å²) in [6.07, 6.45) is 0. The number of carbonyl (C=O) groups is 1. The second kappa shape index (κ2) is 5.85. The zero-order valence-electron chi connectivity index (χ0n) is 9.10. The van der Waals surface area contributed by atoms with Crippen molar-refractivity contribution in [1.29, 1.82) is 0 Å². The lowest BCUT2D eigenvalue weighted by Gasteiger charge is -2.08. The second-order valence-corrected chi connectivity index (χ2v) is 4.67. The smallest absolute Gasteiger partial charge is 0.387 e. The average molecular weight is 324 g/mol. The van der Waals surface area contributed by atoms with Crippen LogP contribution in [0.3, 0.4) is 0 Å². The molecule has 0 saturated carbocycles. The Morgan fingerprint density at radius 1 is 1.50 bits per heavy atom. The number of Topliss-reactive ketones (excluding diaryl/α,β-unsaturated/α-hetero) is 1. The van der Waals surface area contributed by atoms with Gasteiger partial charge in [0.2, 0.25) is 5.75 Å². The van der Waals surface area contributed by atoms with Gasteiger partial charge >= 0.3 is 12.3 Å². The number of nitro benzene ring substituents is 1. The van der Waals surface area contributed by atoms with Gasteiger partial charge in [-0.3, -0.25) is 14.9 Å². The molecule has 0 amide bonds. The SMILES string of the molecule is CC(Br)C(=O)c1ccc([N+](=O)[O-])c(OC(F)F)c1. The van der Waals surface area contributed by atoms with Crippen LogP contribution in [0.5, 0.6) is 5.75 Å². The van der Waals surface area contributed by atoms with Crippen LogP contribution >= 0.6 is 15.9 Å². The van der Waals surface area contributed by atoms with E-state index in [1.165, 1.54) is 6.07 Å². The minimum absolute atomic E-state index is 0.0561. The largest absolute Gasteiger partial charge is 0.427 e. The summed E-state index contributed by atoms with van der Waals surface area (Å²) in [6, 6.07) is 3.08. The Morgan fingerprint density at radius 2 is 2.11 bits per heavy atom. The Balaban J connectivity index is 3.20. The lowest BCUT2D eigenvalue weighted by atomic mass is 10.1. The van der Waals surface area contributed by atoms with Crippen LogP contribution in [0.4, 0.5) is 14.5 Å². The molecule has 18 heavy (non-hydrogen) atoms. The van der Waals surface area contributed by atoms with Crippen LogP contribution in [0, 0.1) is 10.1 Å². The minimum atomic E-state index is -3.20. The third kappa shape index (κ3) is 3.46. The van der Waals surface area contributed by atoms with Gasteiger partial charge in [0, 0.05) is 11.6 Å². The van der Waals surface area contributed by atoms with E-state index in [1.807, 2.05) is 0 Å². The summed E-state index contributed by atoms with van der Waals surface area (Å²) < 4.78 is 28.3. The van der Waals surface area contributed by atoms with E-state index in [0.717, 1.165) is 12.1 Å². The molecule has 0 aliphatic heterocycles. The molecule has 1 aromatic rings. The van der Waals surface area contributed by atoms with Crippen LogP contribution in [-0.2, 0) is 0 Å². The number of rotatable bonds is 5. The minimum Gasteiger partial charge on any atom is -0.427 e. The highest BCUT2D eigenvalue weighted by Gasteiger charge is 2.22. The number of halogens is 3. The van der Waals surface area contributed by atoms with Gasteiger partial charge in [0.25, 0.3) is 0 Å². The molecular formula is C10H8BrF2NO4. The lowest BCUT2D eigenvalue weighted by molar-refractivity contribution is -0.386.